The number of aromatic nitrogens is 1. The Bertz CT molecular complexity index is 1060. The molecule has 0 aromatic carbocycles. The minimum atomic E-state index is -0.267. The number of anilines is 1. The second-order valence-electron chi connectivity index (χ2n) is 8.37. The topological polar surface area (TPSA) is 78.6 Å². The van der Waals surface area contributed by atoms with E-state index in [0.717, 1.165) is 56.8 Å². The van der Waals surface area contributed by atoms with Gasteiger partial charge in [-0.25, -0.2) is 0 Å². The number of thiocarbonyl (C=S) groups is 1. The molecule has 4 rings (SSSR count). The molecule has 0 aliphatic carbocycles. The van der Waals surface area contributed by atoms with Crippen molar-refractivity contribution in [2.45, 2.75) is 58.6 Å². The van der Waals surface area contributed by atoms with Gasteiger partial charge in [-0.1, -0.05) is 24.0 Å². The molecule has 3 aliphatic heterocycles. The number of piperidine rings is 1. The van der Waals surface area contributed by atoms with Crippen LogP contribution in [-0.2, 0) is 16.1 Å². The number of carbonyl (C=O) groups is 1. The predicted molar refractivity (Wildman–Crippen MR) is 131 cm³/mol. The molecule has 9 heteroatoms. The Morgan fingerprint density at radius 3 is 2.62 bits per heavy atom. The summed E-state index contributed by atoms with van der Waals surface area (Å²) in [7, 11) is 0. The molecule has 1 aromatic heterocycles. The van der Waals surface area contributed by atoms with E-state index in [2.05, 4.69) is 11.0 Å². The Labute approximate surface area is 198 Å². The van der Waals surface area contributed by atoms with Crippen LogP contribution in [0.5, 0.6) is 0 Å². The first kappa shape index (κ1) is 23.0. The zero-order valence-corrected chi connectivity index (χ0v) is 20.2. The SMILES string of the molecule is CCn1c(N2CCCCC2)c(C=C2SC(=S)N(CC3CCCO3)C2=O)c(C)c(C#N)c1=O. The van der Waals surface area contributed by atoms with Gasteiger partial charge in [-0.05, 0) is 57.6 Å². The van der Waals surface area contributed by atoms with Crippen molar-refractivity contribution >= 4 is 46.1 Å². The zero-order chi connectivity index (χ0) is 22.8. The van der Waals surface area contributed by atoms with Crippen molar-refractivity contribution in [1.82, 2.24) is 9.47 Å². The van der Waals surface area contributed by atoms with Gasteiger partial charge >= 0.3 is 0 Å². The van der Waals surface area contributed by atoms with Gasteiger partial charge in [0.15, 0.2) is 0 Å². The van der Waals surface area contributed by atoms with Gasteiger partial charge in [0.2, 0.25) is 0 Å². The molecule has 4 heterocycles. The van der Waals surface area contributed by atoms with E-state index in [1.54, 1.807) is 16.4 Å². The van der Waals surface area contributed by atoms with Crippen LogP contribution in [0.1, 0.15) is 55.7 Å². The average molecular weight is 473 g/mol. The van der Waals surface area contributed by atoms with Crippen molar-refractivity contribution in [2.75, 3.05) is 31.1 Å². The molecule has 0 radical (unpaired) electrons. The van der Waals surface area contributed by atoms with Gasteiger partial charge in [-0.15, -0.1) is 0 Å². The highest BCUT2D eigenvalue weighted by atomic mass is 32.2. The molecular formula is C23H28N4O3S2. The first-order valence-electron chi connectivity index (χ1n) is 11.3. The molecule has 0 N–H and O–H groups in total. The van der Waals surface area contributed by atoms with Crippen LogP contribution in [0.3, 0.4) is 0 Å². The fourth-order valence-electron chi connectivity index (χ4n) is 4.66. The zero-order valence-electron chi connectivity index (χ0n) is 18.6. The lowest BCUT2D eigenvalue weighted by Crippen LogP contribution is -2.37. The summed E-state index contributed by atoms with van der Waals surface area (Å²) in [6, 6.07) is 2.09. The van der Waals surface area contributed by atoms with Gasteiger partial charge in [0.25, 0.3) is 11.5 Å². The molecule has 0 bridgehead atoms. The molecular weight excluding hydrogens is 444 g/mol. The maximum absolute atomic E-state index is 13.2. The molecule has 1 amide bonds. The smallest absolute Gasteiger partial charge is 0.270 e. The van der Waals surface area contributed by atoms with E-state index in [1.807, 2.05) is 13.0 Å². The Morgan fingerprint density at radius 1 is 1.25 bits per heavy atom. The second kappa shape index (κ2) is 9.77. The summed E-state index contributed by atoms with van der Waals surface area (Å²) >= 11 is 6.79. The first-order chi connectivity index (χ1) is 15.5. The molecule has 3 saturated heterocycles. The highest BCUT2D eigenvalue weighted by molar-refractivity contribution is 8.26. The third kappa shape index (κ3) is 4.24. The van der Waals surface area contributed by atoms with Crippen LogP contribution >= 0.6 is 24.0 Å². The largest absolute Gasteiger partial charge is 0.376 e. The fraction of sp³-hybridized carbons (Fsp3) is 0.565. The summed E-state index contributed by atoms with van der Waals surface area (Å²) < 4.78 is 7.90. The van der Waals surface area contributed by atoms with Gasteiger partial charge in [0, 0.05) is 31.8 Å². The summed E-state index contributed by atoms with van der Waals surface area (Å²) in [5.41, 5.74) is 1.25. The number of nitriles is 1. The maximum atomic E-state index is 13.2. The van der Waals surface area contributed by atoms with Gasteiger partial charge in [-0.3, -0.25) is 19.1 Å². The number of amides is 1. The van der Waals surface area contributed by atoms with E-state index in [4.69, 9.17) is 17.0 Å². The first-order valence-corrected chi connectivity index (χ1v) is 12.5. The molecule has 32 heavy (non-hydrogen) atoms. The molecule has 3 fully saturated rings. The number of hydrogen-bond donors (Lipinski definition) is 0. The van der Waals surface area contributed by atoms with Crippen LogP contribution < -0.4 is 10.5 Å². The van der Waals surface area contributed by atoms with Gasteiger partial charge in [0.05, 0.1) is 17.6 Å². The number of thioether (sulfide) groups is 1. The minimum absolute atomic E-state index is 0.0229. The van der Waals surface area contributed by atoms with E-state index in [-0.39, 0.29) is 23.1 Å². The van der Waals surface area contributed by atoms with Crippen LogP contribution in [0.4, 0.5) is 5.82 Å². The third-order valence-corrected chi connectivity index (χ3v) is 7.76. The standard InChI is InChI=1S/C23H28N4O3S2/c1-3-26-20(25-9-5-4-6-10-25)17(15(2)18(13-24)21(26)28)12-19-22(29)27(23(31)32-19)14-16-8-7-11-30-16/h12,16H,3-11,14H2,1-2H3. The molecule has 7 nitrogen and oxygen atoms in total. The summed E-state index contributed by atoms with van der Waals surface area (Å²) in [6.45, 7) is 7.07. The maximum Gasteiger partial charge on any atom is 0.270 e. The van der Waals surface area contributed by atoms with Crippen LogP contribution in [0, 0.1) is 18.3 Å². The summed E-state index contributed by atoms with van der Waals surface area (Å²) in [4.78, 5) is 30.6. The number of ether oxygens (including phenoxy) is 1. The predicted octanol–water partition coefficient (Wildman–Crippen LogP) is 3.42. The van der Waals surface area contributed by atoms with Gasteiger partial charge in [0.1, 0.15) is 21.8 Å². The van der Waals surface area contributed by atoms with E-state index < -0.39 is 0 Å². The van der Waals surface area contributed by atoms with E-state index >= 15 is 0 Å². The van der Waals surface area contributed by atoms with E-state index in [9.17, 15) is 14.9 Å². The van der Waals surface area contributed by atoms with Crippen LogP contribution in [0.25, 0.3) is 6.08 Å². The molecule has 0 saturated carbocycles. The second-order valence-corrected chi connectivity index (χ2v) is 10.0. The van der Waals surface area contributed by atoms with E-state index in [0.29, 0.717) is 27.9 Å². The normalized spacial score (nSPS) is 22.8. The average Bonchev–Trinajstić information content (AvgIpc) is 3.40. The quantitative estimate of drug-likeness (QED) is 0.480. The fourth-order valence-corrected chi connectivity index (χ4v) is 5.92. The van der Waals surface area contributed by atoms with Gasteiger partial charge < -0.3 is 9.64 Å². The van der Waals surface area contributed by atoms with Crippen molar-refractivity contribution in [3.05, 3.63) is 31.9 Å². The Balaban J connectivity index is 1.79. The molecule has 170 valence electrons. The molecule has 1 aromatic rings. The lowest BCUT2D eigenvalue weighted by molar-refractivity contribution is -0.123. The Kier molecular flexibility index (Phi) is 7.03. The Morgan fingerprint density at radius 2 is 2.00 bits per heavy atom. The number of rotatable bonds is 5. The van der Waals surface area contributed by atoms with Crippen LogP contribution in [0.2, 0.25) is 0 Å². The number of nitrogens with zero attached hydrogens (tertiary/aromatic N) is 4. The highest BCUT2D eigenvalue weighted by Crippen LogP contribution is 2.37. The van der Waals surface area contributed by atoms with Crippen molar-refractivity contribution in [3.63, 3.8) is 0 Å². The van der Waals surface area contributed by atoms with Gasteiger partial charge in [-0.2, -0.15) is 5.26 Å². The summed E-state index contributed by atoms with van der Waals surface area (Å²) in [5, 5.41) is 9.69. The van der Waals surface area contributed by atoms with Crippen molar-refractivity contribution in [1.29, 1.82) is 5.26 Å². The lowest BCUT2D eigenvalue weighted by atomic mass is 10.0. The molecule has 3 aliphatic rings. The van der Waals surface area contributed by atoms with E-state index in [1.165, 1.54) is 18.2 Å². The van der Waals surface area contributed by atoms with Crippen LogP contribution in [-0.4, -0.2) is 52.0 Å². The van der Waals surface area contributed by atoms with Crippen LogP contribution in [0.15, 0.2) is 9.70 Å². The third-order valence-electron chi connectivity index (χ3n) is 6.38. The summed E-state index contributed by atoms with van der Waals surface area (Å²) in [5.74, 6) is 0.672. The summed E-state index contributed by atoms with van der Waals surface area (Å²) in [6.07, 6.45) is 7.07. The number of carbonyl (C=O) groups excluding carboxylic acids is 1. The molecule has 0 spiro atoms. The van der Waals surface area contributed by atoms with Crippen molar-refractivity contribution in [2.24, 2.45) is 0 Å². The molecule has 1 atom stereocenters. The number of hydrogen-bond acceptors (Lipinski definition) is 7. The van der Waals surface area contributed by atoms with Crippen molar-refractivity contribution < 1.29 is 9.53 Å². The number of pyridine rings is 1. The monoisotopic (exact) mass is 472 g/mol. The minimum Gasteiger partial charge on any atom is -0.376 e. The Hall–Kier alpha value is -2.15. The lowest BCUT2D eigenvalue weighted by Gasteiger charge is -2.33. The highest BCUT2D eigenvalue weighted by Gasteiger charge is 2.35. The van der Waals surface area contributed by atoms with Crippen molar-refractivity contribution in [3.8, 4) is 6.07 Å². The molecule has 1 unspecified atom stereocenters.